The van der Waals surface area contributed by atoms with Gasteiger partial charge in [-0.15, -0.1) is 5.10 Å². The predicted octanol–water partition coefficient (Wildman–Crippen LogP) is 2.88. The molecule has 3 aromatic heterocycles. The average molecular weight is 356 g/mol. The third-order valence-corrected chi connectivity index (χ3v) is 3.69. The molecule has 0 bridgehead atoms. The normalized spacial score (nSPS) is 11.3. The van der Waals surface area contributed by atoms with Crippen LogP contribution in [0.25, 0.3) is 11.6 Å². The molecule has 4 nitrogen and oxygen atoms in total. The van der Waals surface area contributed by atoms with E-state index in [4.69, 9.17) is 0 Å². The van der Waals surface area contributed by atoms with Crippen molar-refractivity contribution < 1.29 is 4.39 Å². The molecule has 0 amide bonds. The maximum absolute atomic E-state index is 13.9. The van der Waals surface area contributed by atoms with E-state index in [0.29, 0.717) is 9.52 Å². The van der Waals surface area contributed by atoms with Crippen molar-refractivity contribution in [2.45, 2.75) is 13.8 Å². The van der Waals surface area contributed by atoms with Crippen LogP contribution in [-0.4, -0.2) is 19.2 Å². The van der Waals surface area contributed by atoms with Crippen molar-refractivity contribution in [1.29, 1.82) is 0 Å². The Morgan fingerprint density at radius 3 is 2.50 bits per heavy atom. The standard InChI is InChI=1S/C12H10FIN4/c1-7-3-4-8(2)18(7)12-15-11-10(13)9(14)5-6-17(11)16-12/h3-6H,1-2H3. The zero-order valence-corrected chi connectivity index (χ0v) is 12.0. The van der Waals surface area contributed by atoms with E-state index in [1.165, 1.54) is 4.52 Å². The number of fused-ring (bicyclic) bond motifs is 1. The first-order valence-corrected chi connectivity index (χ1v) is 6.51. The van der Waals surface area contributed by atoms with Crippen LogP contribution in [0.3, 0.4) is 0 Å². The topological polar surface area (TPSA) is 35.1 Å². The molecule has 0 aromatic carbocycles. The minimum absolute atomic E-state index is 0.254. The van der Waals surface area contributed by atoms with Crippen molar-refractivity contribution >= 4 is 28.2 Å². The fourth-order valence-electron chi connectivity index (χ4n) is 1.96. The molecular formula is C12H10FIN4. The molecule has 0 saturated carbocycles. The Bertz CT molecular complexity index is 724. The summed E-state index contributed by atoms with van der Waals surface area (Å²) in [4.78, 5) is 4.27. The van der Waals surface area contributed by atoms with Crippen LogP contribution in [0.1, 0.15) is 11.4 Å². The number of nitrogens with zero attached hydrogens (tertiary/aromatic N) is 4. The second-order valence-corrected chi connectivity index (χ2v) is 5.27. The number of pyridine rings is 1. The summed E-state index contributed by atoms with van der Waals surface area (Å²) in [5.41, 5.74) is 2.31. The van der Waals surface area contributed by atoms with E-state index in [-0.39, 0.29) is 11.5 Å². The van der Waals surface area contributed by atoms with E-state index in [2.05, 4.69) is 10.1 Å². The van der Waals surface area contributed by atoms with Gasteiger partial charge in [0.2, 0.25) is 0 Å². The van der Waals surface area contributed by atoms with Gasteiger partial charge < -0.3 is 0 Å². The smallest absolute Gasteiger partial charge is 0.254 e. The van der Waals surface area contributed by atoms with Gasteiger partial charge in [-0.1, -0.05) is 0 Å². The second kappa shape index (κ2) is 4.04. The fourth-order valence-corrected chi connectivity index (χ4v) is 2.36. The lowest BCUT2D eigenvalue weighted by Crippen LogP contribution is -2.01. The molecule has 0 radical (unpaired) electrons. The van der Waals surface area contributed by atoms with E-state index in [1.807, 2.05) is 53.1 Å². The molecule has 3 rings (SSSR count). The van der Waals surface area contributed by atoms with Crippen LogP contribution < -0.4 is 0 Å². The Hall–Kier alpha value is -1.44. The van der Waals surface area contributed by atoms with Gasteiger partial charge in [0.25, 0.3) is 5.95 Å². The van der Waals surface area contributed by atoms with E-state index >= 15 is 0 Å². The van der Waals surface area contributed by atoms with E-state index in [9.17, 15) is 4.39 Å². The third-order valence-electron chi connectivity index (χ3n) is 2.86. The summed E-state index contributed by atoms with van der Waals surface area (Å²) in [6.07, 6.45) is 1.71. The summed E-state index contributed by atoms with van der Waals surface area (Å²) in [5.74, 6) is 0.162. The SMILES string of the molecule is Cc1ccc(C)n1-c1nc2c(F)c(I)ccn2n1. The molecule has 0 atom stereocenters. The maximum atomic E-state index is 13.9. The van der Waals surface area contributed by atoms with Gasteiger partial charge in [-0.05, 0) is 54.6 Å². The Morgan fingerprint density at radius 2 is 1.83 bits per heavy atom. The Balaban J connectivity index is 2.29. The molecular weight excluding hydrogens is 346 g/mol. The number of hydrogen-bond acceptors (Lipinski definition) is 2. The van der Waals surface area contributed by atoms with E-state index in [1.54, 1.807) is 12.3 Å². The maximum Gasteiger partial charge on any atom is 0.254 e. The molecule has 3 heterocycles. The second-order valence-electron chi connectivity index (χ2n) is 4.11. The molecule has 0 fully saturated rings. The quantitative estimate of drug-likeness (QED) is 0.629. The molecule has 0 spiro atoms. The summed E-state index contributed by atoms with van der Waals surface area (Å²) in [7, 11) is 0. The van der Waals surface area contributed by atoms with Crippen LogP contribution in [0.2, 0.25) is 0 Å². The highest BCUT2D eigenvalue weighted by Crippen LogP contribution is 2.18. The van der Waals surface area contributed by atoms with Crippen molar-refractivity contribution in [3.05, 3.63) is 45.2 Å². The summed E-state index contributed by atoms with van der Waals surface area (Å²) in [6, 6.07) is 5.65. The molecule has 18 heavy (non-hydrogen) atoms. The molecule has 6 heteroatoms. The Morgan fingerprint density at radius 1 is 1.17 bits per heavy atom. The molecule has 0 aliphatic carbocycles. The van der Waals surface area contributed by atoms with Crippen LogP contribution in [-0.2, 0) is 0 Å². The Labute approximate surface area is 117 Å². The zero-order chi connectivity index (χ0) is 12.9. The molecule has 0 N–H and O–H groups in total. The lowest BCUT2D eigenvalue weighted by atomic mass is 10.5. The highest BCUT2D eigenvalue weighted by Gasteiger charge is 2.14. The summed E-state index contributed by atoms with van der Waals surface area (Å²) in [6.45, 7) is 3.94. The highest BCUT2D eigenvalue weighted by molar-refractivity contribution is 14.1. The Kier molecular flexibility index (Phi) is 2.61. The van der Waals surface area contributed by atoms with Gasteiger partial charge in [0.05, 0.1) is 3.57 Å². The zero-order valence-electron chi connectivity index (χ0n) is 9.85. The van der Waals surface area contributed by atoms with Crippen molar-refractivity contribution in [1.82, 2.24) is 19.2 Å². The van der Waals surface area contributed by atoms with Crippen LogP contribution in [0.4, 0.5) is 4.39 Å². The molecule has 0 aliphatic heterocycles. The number of hydrogen-bond donors (Lipinski definition) is 0. The van der Waals surface area contributed by atoms with Gasteiger partial charge in [0, 0.05) is 17.6 Å². The van der Waals surface area contributed by atoms with E-state index < -0.39 is 0 Å². The van der Waals surface area contributed by atoms with Crippen molar-refractivity contribution in [3.63, 3.8) is 0 Å². The number of aromatic nitrogens is 4. The molecule has 0 saturated heterocycles. The summed E-state index contributed by atoms with van der Waals surface area (Å²) >= 11 is 1.95. The van der Waals surface area contributed by atoms with Crippen molar-refractivity contribution in [2.24, 2.45) is 0 Å². The van der Waals surface area contributed by atoms with Crippen LogP contribution in [0, 0.1) is 23.2 Å². The fraction of sp³-hybridized carbons (Fsp3) is 0.167. The van der Waals surface area contributed by atoms with Crippen LogP contribution in [0.15, 0.2) is 24.4 Å². The minimum Gasteiger partial charge on any atom is -0.286 e. The lowest BCUT2D eigenvalue weighted by molar-refractivity contribution is 0.620. The predicted molar refractivity (Wildman–Crippen MR) is 74.5 cm³/mol. The van der Waals surface area contributed by atoms with Crippen molar-refractivity contribution in [3.8, 4) is 5.95 Å². The van der Waals surface area contributed by atoms with Crippen molar-refractivity contribution in [2.75, 3.05) is 0 Å². The largest absolute Gasteiger partial charge is 0.286 e. The number of halogens is 2. The van der Waals surface area contributed by atoms with Gasteiger partial charge in [0.1, 0.15) is 0 Å². The first-order chi connectivity index (χ1) is 8.58. The average Bonchev–Trinajstić information content (AvgIpc) is 2.88. The van der Waals surface area contributed by atoms with Gasteiger partial charge in [-0.25, -0.2) is 8.91 Å². The highest BCUT2D eigenvalue weighted by atomic mass is 127. The monoisotopic (exact) mass is 356 g/mol. The molecule has 3 aromatic rings. The summed E-state index contributed by atoms with van der Waals surface area (Å²) in [5, 5.41) is 4.30. The van der Waals surface area contributed by atoms with Gasteiger partial charge >= 0.3 is 0 Å². The summed E-state index contributed by atoms with van der Waals surface area (Å²) < 4.78 is 17.8. The lowest BCUT2D eigenvalue weighted by Gasteiger charge is -2.01. The van der Waals surface area contributed by atoms with Crippen LogP contribution in [0.5, 0.6) is 0 Å². The number of rotatable bonds is 1. The molecule has 92 valence electrons. The molecule has 0 unspecified atom stereocenters. The van der Waals surface area contributed by atoms with Crippen LogP contribution >= 0.6 is 22.6 Å². The van der Waals surface area contributed by atoms with E-state index in [0.717, 1.165) is 11.4 Å². The van der Waals surface area contributed by atoms with Gasteiger partial charge in [0.15, 0.2) is 11.5 Å². The molecule has 0 aliphatic rings. The number of aryl methyl sites for hydroxylation is 2. The first kappa shape index (κ1) is 11.6. The third kappa shape index (κ3) is 1.63. The van der Waals surface area contributed by atoms with Gasteiger partial charge in [-0.2, -0.15) is 4.98 Å². The minimum atomic E-state index is -0.334. The van der Waals surface area contributed by atoms with Gasteiger partial charge in [-0.3, -0.25) is 4.57 Å². The first-order valence-electron chi connectivity index (χ1n) is 5.43.